The lowest BCUT2D eigenvalue weighted by Crippen LogP contribution is -2.18. The number of methoxy groups -OCH3 is 1. The highest BCUT2D eigenvalue weighted by molar-refractivity contribution is 5.61. The van der Waals surface area contributed by atoms with E-state index in [-0.39, 0.29) is 5.41 Å². The lowest BCUT2D eigenvalue weighted by molar-refractivity contribution is 0.416. The molecule has 0 unspecified atom stereocenters. The summed E-state index contributed by atoms with van der Waals surface area (Å²) in [6.45, 7) is 7.48. The van der Waals surface area contributed by atoms with Crippen molar-refractivity contribution < 1.29 is 4.74 Å². The van der Waals surface area contributed by atoms with Gasteiger partial charge >= 0.3 is 0 Å². The van der Waals surface area contributed by atoms with Gasteiger partial charge in [0.2, 0.25) is 0 Å². The van der Waals surface area contributed by atoms with E-state index in [2.05, 4.69) is 26.1 Å². The Kier molecular flexibility index (Phi) is 3.45. The van der Waals surface area contributed by atoms with Crippen LogP contribution in [0.15, 0.2) is 18.2 Å². The standard InChI is InChI=1S/C12H20N2O/c1-12(2,3)8-14-9-5-6-10(13)11(7-9)15-4/h5-7,14H,8,13H2,1-4H3. The van der Waals surface area contributed by atoms with E-state index in [0.29, 0.717) is 11.4 Å². The maximum absolute atomic E-state index is 5.73. The molecule has 0 radical (unpaired) electrons. The molecule has 0 bridgehead atoms. The summed E-state index contributed by atoms with van der Waals surface area (Å²) < 4.78 is 5.15. The van der Waals surface area contributed by atoms with E-state index in [1.165, 1.54) is 0 Å². The Bertz CT molecular complexity index is 329. The first kappa shape index (κ1) is 11.7. The Hall–Kier alpha value is -1.38. The molecule has 1 aromatic rings. The van der Waals surface area contributed by atoms with E-state index < -0.39 is 0 Å². The SMILES string of the molecule is COc1cc(NCC(C)(C)C)ccc1N. The van der Waals surface area contributed by atoms with Gasteiger partial charge in [0, 0.05) is 18.3 Å². The number of nitrogens with two attached hydrogens (primary N) is 1. The lowest BCUT2D eigenvalue weighted by Gasteiger charge is -2.20. The zero-order valence-corrected chi connectivity index (χ0v) is 9.92. The topological polar surface area (TPSA) is 47.3 Å². The number of benzene rings is 1. The highest BCUT2D eigenvalue weighted by Crippen LogP contribution is 2.25. The second kappa shape index (κ2) is 4.43. The Morgan fingerprint density at radius 2 is 2.00 bits per heavy atom. The molecule has 0 saturated carbocycles. The van der Waals surface area contributed by atoms with Gasteiger partial charge in [-0.05, 0) is 17.5 Å². The molecular weight excluding hydrogens is 188 g/mol. The minimum Gasteiger partial charge on any atom is -0.495 e. The number of hydrogen-bond acceptors (Lipinski definition) is 3. The third-order valence-electron chi connectivity index (χ3n) is 2.06. The zero-order chi connectivity index (χ0) is 11.5. The maximum atomic E-state index is 5.73. The summed E-state index contributed by atoms with van der Waals surface area (Å²) in [5.74, 6) is 0.717. The van der Waals surface area contributed by atoms with Crippen LogP contribution in [0.5, 0.6) is 5.75 Å². The molecule has 3 nitrogen and oxygen atoms in total. The molecule has 0 fully saturated rings. The number of ether oxygens (including phenoxy) is 1. The number of hydrogen-bond donors (Lipinski definition) is 2. The van der Waals surface area contributed by atoms with Crippen molar-refractivity contribution >= 4 is 11.4 Å². The van der Waals surface area contributed by atoms with Crippen molar-refractivity contribution in [2.24, 2.45) is 5.41 Å². The van der Waals surface area contributed by atoms with Crippen molar-refractivity contribution in [3.8, 4) is 5.75 Å². The summed E-state index contributed by atoms with van der Waals surface area (Å²) in [4.78, 5) is 0. The van der Waals surface area contributed by atoms with Crippen LogP contribution < -0.4 is 15.8 Å². The number of nitrogen functional groups attached to an aromatic ring is 1. The summed E-state index contributed by atoms with van der Waals surface area (Å²) in [6, 6.07) is 5.73. The molecule has 0 spiro atoms. The molecule has 0 atom stereocenters. The Morgan fingerprint density at radius 3 is 2.53 bits per heavy atom. The van der Waals surface area contributed by atoms with Crippen molar-refractivity contribution in [1.29, 1.82) is 0 Å². The Labute approximate surface area is 91.6 Å². The highest BCUT2D eigenvalue weighted by Gasteiger charge is 2.09. The van der Waals surface area contributed by atoms with Gasteiger partial charge in [-0.3, -0.25) is 0 Å². The first-order chi connectivity index (χ1) is 6.92. The van der Waals surface area contributed by atoms with Crippen LogP contribution in [0.3, 0.4) is 0 Å². The van der Waals surface area contributed by atoms with E-state index in [1.54, 1.807) is 7.11 Å². The molecule has 3 N–H and O–H groups in total. The van der Waals surface area contributed by atoms with E-state index >= 15 is 0 Å². The molecule has 1 aromatic carbocycles. The number of nitrogens with one attached hydrogen (secondary N) is 1. The molecule has 3 heteroatoms. The van der Waals surface area contributed by atoms with E-state index in [0.717, 1.165) is 12.2 Å². The molecule has 15 heavy (non-hydrogen) atoms. The average molecular weight is 208 g/mol. The first-order valence-corrected chi connectivity index (χ1v) is 5.10. The molecule has 0 amide bonds. The highest BCUT2D eigenvalue weighted by atomic mass is 16.5. The van der Waals surface area contributed by atoms with Crippen LogP contribution in [0.4, 0.5) is 11.4 Å². The molecule has 0 saturated heterocycles. The maximum Gasteiger partial charge on any atom is 0.143 e. The fourth-order valence-corrected chi connectivity index (χ4v) is 1.19. The molecular formula is C12H20N2O. The summed E-state index contributed by atoms with van der Waals surface area (Å²) in [5, 5.41) is 3.35. The molecule has 84 valence electrons. The van der Waals surface area contributed by atoms with Crippen LogP contribution >= 0.6 is 0 Å². The smallest absolute Gasteiger partial charge is 0.143 e. The van der Waals surface area contributed by atoms with Crippen molar-refractivity contribution in [2.75, 3.05) is 24.7 Å². The second-order valence-electron chi connectivity index (χ2n) is 4.87. The van der Waals surface area contributed by atoms with E-state index in [1.807, 2.05) is 18.2 Å². The van der Waals surface area contributed by atoms with Crippen molar-refractivity contribution in [2.45, 2.75) is 20.8 Å². The first-order valence-electron chi connectivity index (χ1n) is 5.10. The molecule has 0 aliphatic heterocycles. The Balaban J connectivity index is 2.70. The number of rotatable bonds is 3. The normalized spacial score (nSPS) is 11.2. The number of anilines is 2. The minimum atomic E-state index is 0.259. The van der Waals surface area contributed by atoms with Gasteiger partial charge in [-0.2, -0.15) is 0 Å². The predicted molar refractivity (Wildman–Crippen MR) is 65.4 cm³/mol. The average Bonchev–Trinajstić information content (AvgIpc) is 2.15. The van der Waals surface area contributed by atoms with Crippen LogP contribution in [0.25, 0.3) is 0 Å². The van der Waals surface area contributed by atoms with E-state index in [9.17, 15) is 0 Å². The lowest BCUT2D eigenvalue weighted by atomic mass is 9.97. The van der Waals surface area contributed by atoms with Crippen LogP contribution in [0.2, 0.25) is 0 Å². The quantitative estimate of drug-likeness (QED) is 0.751. The molecule has 0 aliphatic carbocycles. The third kappa shape index (κ3) is 3.70. The van der Waals surface area contributed by atoms with Crippen molar-refractivity contribution in [3.63, 3.8) is 0 Å². The van der Waals surface area contributed by atoms with Crippen molar-refractivity contribution in [3.05, 3.63) is 18.2 Å². The predicted octanol–water partition coefficient (Wildman–Crippen LogP) is 2.74. The zero-order valence-electron chi connectivity index (χ0n) is 9.92. The largest absolute Gasteiger partial charge is 0.495 e. The fourth-order valence-electron chi connectivity index (χ4n) is 1.19. The van der Waals surface area contributed by atoms with Gasteiger partial charge in [-0.1, -0.05) is 20.8 Å². The van der Waals surface area contributed by atoms with Gasteiger partial charge in [-0.15, -0.1) is 0 Å². The van der Waals surface area contributed by atoms with Gasteiger partial charge in [0.1, 0.15) is 5.75 Å². The molecule has 0 heterocycles. The summed E-state index contributed by atoms with van der Waals surface area (Å²) in [7, 11) is 1.62. The molecule has 0 aromatic heterocycles. The fraction of sp³-hybridized carbons (Fsp3) is 0.500. The van der Waals surface area contributed by atoms with Gasteiger partial charge < -0.3 is 15.8 Å². The van der Waals surface area contributed by atoms with Gasteiger partial charge in [0.05, 0.1) is 12.8 Å². The summed E-state index contributed by atoms with van der Waals surface area (Å²) in [5.41, 5.74) is 7.69. The third-order valence-corrected chi connectivity index (χ3v) is 2.06. The summed E-state index contributed by atoms with van der Waals surface area (Å²) >= 11 is 0. The van der Waals surface area contributed by atoms with Crippen molar-refractivity contribution in [1.82, 2.24) is 0 Å². The van der Waals surface area contributed by atoms with Crippen LogP contribution in [0.1, 0.15) is 20.8 Å². The van der Waals surface area contributed by atoms with Gasteiger partial charge in [0.25, 0.3) is 0 Å². The van der Waals surface area contributed by atoms with Crippen LogP contribution in [-0.4, -0.2) is 13.7 Å². The Morgan fingerprint density at radius 1 is 1.33 bits per heavy atom. The molecule has 1 rings (SSSR count). The minimum absolute atomic E-state index is 0.259. The summed E-state index contributed by atoms with van der Waals surface area (Å²) in [6.07, 6.45) is 0. The van der Waals surface area contributed by atoms with Crippen LogP contribution in [-0.2, 0) is 0 Å². The molecule has 0 aliphatic rings. The van der Waals surface area contributed by atoms with E-state index in [4.69, 9.17) is 10.5 Å². The monoisotopic (exact) mass is 208 g/mol. The van der Waals surface area contributed by atoms with Gasteiger partial charge in [0.15, 0.2) is 0 Å². The van der Waals surface area contributed by atoms with Crippen LogP contribution in [0, 0.1) is 5.41 Å². The van der Waals surface area contributed by atoms with Gasteiger partial charge in [-0.25, -0.2) is 0 Å². The second-order valence-corrected chi connectivity index (χ2v) is 4.87.